The van der Waals surface area contributed by atoms with Gasteiger partial charge in [0.25, 0.3) is 0 Å². The number of rotatable bonds is 4. The molecule has 8 heteroatoms. The molecule has 0 saturated carbocycles. The fraction of sp³-hybridized carbons (Fsp3) is 0.318. The summed E-state index contributed by atoms with van der Waals surface area (Å²) in [6.07, 6.45) is 8.22. The van der Waals surface area contributed by atoms with Crippen molar-refractivity contribution in [1.29, 1.82) is 0 Å². The first kappa shape index (κ1) is 19.3. The minimum atomic E-state index is -3.44. The largest absolute Gasteiger partial charge is 0.360 e. The third-order valence-corrected chi connectivity index (χ3v) is 7.83. The molecule has 0 radical (unpaired) electrons. The molecule has 30 heavy (non-hydrogen) atoms. The number of nitrogens with zero attached hydrogens (tertiary/aromatic N) is 3. The second-order valence-electron chi connectivity index (χ2n) is 7.78. The first-order valence-corrected chi connectivity index (χ1v) is 11.6. The second kappa shape index (κ2) is 7.52. The van der Waals surface area contributed by atoms with Crippen molar-refractivity contribution in [1.82, 2.24) is 14.3 Å². The van der Waals surface area contributed by atoms with Crippen LogP contribution in [0.15, 0.2) is 53.7 Å². The van der Waals surface area contributed by atoms with Gasteiger partial charge in [0.2, 0.25) is 10.0 Å². The summed E-state index contributed by atoms with van der Waals surface area (Å²) in [5.41, 5.74) is 3.12. The first-order chi connectivity index (χ1) is 14.5. The van der Waals surface area contributed by atoms with E-state index in [0.29, 0.717) is 19.6 Å². The molecule has 0 atom stereocenters. The highest BCUT2D eigenvalue weighted by Crippen LogP contribution is 2.31. The molecule has 0 spiro atoms. The van der Waals surface area contributed by atoms with Gasteiger partial charge in [-0.2, -0.15) is 4.31 Å². The number of nitrogens with one attached hydrogen (secondary N) is 1. The number of anilines is 1. The van der Waals surface area contributed by atoms with Crippen LogP contribution in [0, 0.1) is 5.82 Å². The fourth-order valence-electron chi connectivity index (χ4n) is 4.28. The van der Waals surface area contributed by atoms with Crippen molar-refractivity contribution in [3.8, 4) is 0 Å². The van der Waals surface area contributed by atoms with E-state index in [2.05, 4.69) is 20.9 Å². The summed E-state index contributed by atoms with van der Waals surface area (Å²) in [6, 6.07) is 8.25. The summed E-state index contributed by atoms with van der Waals surface area (Å²) < 4.78 is 40.3. The first-order valence-electron chi connectivity index (χ1n) is 10.2. The molecule has 156 valence electrons. The lowest BCUT2D eigenvalue weighted by atomic mass is 9.99. The van der Waals surface area contributed by atoms with Crippen molar-refractivity contribution >= 4 is 32.3 Å². The molecular formula is C22H23FN4O2S. The van der Waals surface area contributed by atoms with Crippen molar-refractivity contribution in [2.75, 3.05) is 31.1 Å². The Kier molecular flexibility index (Phi) is 4.83. The van der Waals surface area contributed by atoms with E-state index in [4.69, 9.17) is 0 Å². The normalized spacial score (nSPS) is 18.2. The Bertz CT molecular complexity index is 1210. The van der Waals surface area contributed by atoms with Crippen LogP contribution < -0.4 is 4.90 Å². The Hall–Kier alpha value is -2.71. The van der Waals surface area contributed by atoms with Gasteiger partial charge in [0.05, 0.1) is 0 Å². The van der Waals surface area contributed by atoms with Crippen LogP contribution in [0.1, 0.15) is 24.8 Å². The Balaban J connectivity index is 1.33. The maximum absolute atomic E-state index is 13.4. The zero-order valence-corrected chi connectivity index (χ0v) is 17.3. The highest BCUT2D eigenvalue weighted by molar-refractivity contribution is 7.89. The Morgan fingerprint density at radius 3 is 2.60 bits per heavy atom. The molecule has 0 unspecified atom stereocenters. The molecule has 2 aliphatic rings. The zero-order valence-electron chi connectivity index (χ0n) is 16.5. The molecule has 0 amide bonds. The van der Waals surface area contributed by atoms with Gasteiger partial charge in [-0.15, -0.1) is 0 Å². The number of hydrogen-bond donors (Lipinski definition) is 1. The fourth-order valence-corrected chi connectivity index (χ4v) is 5.74. The van der Waals surface area contributed by atoms with Crippen LogP contribution in [0.3, 0.4) is 0 Å². The summed E-state index contributed by atoms with van der Waals surface area (Å²) in [4.78, 5) is 9.96. The summed E-state index contributed by atoms with van der Waals surface area (Å²) in [6.45, 7) is 2.65. The number of halogens is 1. The molecule has 3 aromatic rings. The molecule has 1 saturated heterocycles. The molecule has 4 heterocycles. The number of benzene rings is 1. The van der Waals surface area contributed by atoms with Crippen molar-refractivity contribution in [3.63, 3.8) is 0 Å². The third-order valence-electron chi connectivity index (χ3n) is 5.95. The number of pyridine rings is 1. The van der Waals surface area contributed by atoms with Gasteiger partial charge < -0.3 is 9.88 Å². The lowest BCUT2D eigenvalue weighted by Gasteiger charge is -2.27. The Labute approximate surface area is 175 Å². The standard InChI is InChI=1S/C22H23FN4O2S/c23-17-3-5-19-20(15-24-21(19)13-17)16-7-11-26(12-8-16)22-6-4-18(14-25-22)30(28,29)27-9-1-2-10-27/h3-7,13-15,24H,1-2,8-12H2. The Morgan fingerprint density at radius 1 is 1.07 bits per heavy atom. The maximum Gasteiger partial charge on any atom is 0.244 e. The van der Waals surface area contributed by atoms with E-state index in [0.717, 1.165) is 48.1 Å². The predicted molar refractivity (Wildman–Crippen MR) is 115 cm³/mol. The SMILES string of the molecule is O=S(=O)(c1ccc(N2CC=C(c3c[nH]c4cc(F)ccc34)CC2)nc1)N1CCCC1. The van der Waals surface area contributed by atoms with Gasteiger partial charge in [-0.1, -0.05) is 6.08 Å². The minimum absolute atomic E-state index is 0.249. The monoisotopic (exact) mass is 426 g/mol. The lowest BCUT2D eigenvalue weighted by Crippen LogP contribution is -2.30. The molecule has 2 aromatic heterocycles. The van der Waals surface area contributed by atoms with Crippen molar-refractivity contribution in [2.45, 2.75) is 24.2 Å². The van der Waals surface area contributed by atoms with E-state index in [-0.39, 0.29) is 10.7 Å². The van der Waals surface area contributed by atoms with Gasteiger partial charge in [-0.05, 0) is 55.2 Å². The quantitative estimate of drug-likeness (QED) is 0.689. The average Bonchev–Trinajstić information content (AvgIpc) is 3.44. The second-order valence-corrected chi connectivity index (χ2v) is 9.72. The summed E-state index contributed by atoms with van der Waals surface area (Å²) in [7, 11) is -3.44. The highest BCUT2D eigenvalue weighted by atomic mass is 32.2. The van der Waals surface area contributed by atoms with Crippen LogP contribution >= 0.6 is 0 Å². The van der Waals surface area contributed by atoms with Gasteiger partial charge in [0.15, 0.2) is 0 Å². The number of aromatic amines is 1. The number of fused-ring (bicyclic) bond motifs is 1. The molecular weight excluding hydrogens is 403 g/mol. The van der Waals surface area contributed by atoms with Crippen LogP contribution in [0.25, 0.3) is 16.5 Å². The van der Waals surface area contributed by atoms with Gasteiger partial charge in [0, 0.05) is 55.0 Å². The molecule has 0 aliphatic carbocycles. The number of hydrogen-bond acceptors (Lipinski definition) is 4. The van der Waals surface area contributed by atoms with Crippen molar-refractivity contribution < 1.29 is 12.8 Å². The minimum Gasteiger partial charge on any atom is -0.360 e. The lowest BCUT2D eigenvalue weighted by molar-refractivity contribution is 0.477. The van der Waals surface area contributed by atoms with Gasteiger partial charge >= 0.3 is 0 Å². The van der Waals surface area contributed by atoms with E-state index in [9.17, 15) is 12.8 Å². The summed E-state index contributed by atoms with van der Waals surface area (Å²) >= 11 is 0. The third kappa shape index (κ3) is 3.40. The van der Waals surface area contributed by atoms with Crippen LogP contribution in [0.2, 0.25) is 0 Å². The molecule has 6 nitrogen and oxygen atoms in total. The van der Waals surface area contributed by atoms with Crippen LogP contribution in [-0.2, 0) is 10.0 Å². The molecule has 0 bridgehead atoms. The topological polar surface area (TPSA) is 69.3 Å². The number of aromatic nitrogens is 2. The van der Waals surface area contributed by atoms with Gasteiger partial charge in [-0.3, -0.25) is 0 Å². The van der Waals surface area contributed by atoms with Crippen LogP contribution in [0.4, 0.5) is 10.2 Å². The van der Waals surface area contributed by atoms with E-state index >= 15 is 0 Å². The highest BCUT2D eigenvalue weighted by Gasteiger charge is 2.27. The maximum atomic E-state index is 13.4. The summed E-state index contributed by atoms with van der Waals surface area (Å²) in [5, 5.41) is 1.02. The van der Waals surface area contributed by atoms with Crippen molar-refractivity contribution in [2.24, 2.45) is 0 Å². The molecule has 1 N–H and O–H groups in total. The van der Waals surface area contributed by atoms with E-state index < -0.39 is 10.0 Å². The van der Waals surface area contributed by atoms with E-state index in [1.165, 1.54) is 28.2 Å². The average molecular weight is 427 g/mol. The zero-order chi connectivity index (χ0) is 20.7. The van der Waals surface area contributed by atoms with Gasteiger partial charge in [0.1, 0.15) is 16.5 Å². The van der Waals surface area contributed by atoms with Crippen LogP contribution in [-0.4, -0.2) is 48.9 Å². The van der Waals surface area contributed by atoms with Gasteiger partial charge in [-0.25, -0.2) is 17.8 Å². The van der Waals surface area contributed by atoms with Crippen molar-refractivity contribution in [3.05, 3.63) is 60.2 Å². The smallest absolute Gasteiger partial charge is 0.244 e. The van der Waals surface area contributed by atoms with Crippen LogP contribution in [0.5, 0.6) is 0 Å². The predicted octanol–water partition coefficient (Wildman–Crippen LogP) is 3.78. The molecule has 5 rings (SSSR count). The molecule has 2 aliphatic heterocycles. The number of sulfonamides is 1. The number of H-pyrrole nitrogens is 1. The molecule has 1 fully saturated rings. The Morgan fingerprint density at radius 2 is 1.90 bits per heavy atom. The molecule has 1 aromatic carbocycles. The van der Waals surface area contributed by atoms with E-state index in [1.807, 2.05) is 12.3 Å². The van der Waals surface area contributed by atoms with E-state index in [1.54, 1.807) is 12.1 Å². The summed E-state index contributed by atoms with van der Waals surface area (Å²) in [5.74, 6) is 0.521.